The van der Waals surface area contributed by atoms with Crippen molar-refractivity contribution in [1.82, 2.24) is 4.90 Å². The molecule has 2 amide bonds. The molecular formula is C24H25N3O3S. The first-order valence-electron chi connectivity index (χ1n) is 10.2. The number of carbonyl (C=O) groups is 2. The normalized spacial score (nSPS) is 13.5. The lowest BCUT2D eigenvalue weighted by atomic mass is 10.0. The van der Waals surface area contributed by atoms with Gasteiger partial charge in [-0.25, -0.2) is 0 Å². The number of nitrogens with two attached hydrogens (primary N) is 1. The summed E-state index contributed by atoms with van der Waals surface area (Å²) in [4.78, 5) is 28.3. The van der Waals surface area contributed by atoms with Gasteiger partial charge in [0.25, 0.3) is 5.91 Å². The fourth-order valence-electron chi connectivity index (χ4n) is 3.88. The monoisotopic (exact) mass is 435 g/mol. The average Bonchev–Trinajstić information content (AvgIpc) is 3.12. The van der Waals surface area contributed by atoms with Crippen LogP contribution in [0.3, 0.4) is 0 Å². The highest BCUT2D eigenvalue weighted by molar-refractivity contribution is 7.17. The number of fused-ring (bicyclic) bond motifs is 1. The van der Waals surface area contributed by atoms with Gasteiger partial charge in [-0.2, -0.15) is 0 Å². The molecule has 0 spiro atoms. The molecule has 2 aromatic carbocycles. The van der Waals surface area contributed by atoms with Gasteiger partial charge in [0.15, 0.2) is 0 Å². The Labute approximate surface area is 185 Å². The van der Waals surface area contributed by atoms with Crippen molar-refractivity contribution in [2.24, 2.45) is 5.73 Å². The number of amides is 2. The molecule has 160 valence electrons. The second kappa shape index (κ2) is 9.32. The number of rotatable bonds is 7. The van der Waals surface area contributed by atoms with Gasteiger partial charge in [-0.3, -0.25) is 14.5 Å². The van der Waals surface area contributed by atoms with Crippen molar-refractivity contribution in [3.8, 4) is 5.75 Å². The number of anilines is 1. The summed E-state index contributed by atoms with van der Waals surface area (Å²) < 4.78 is 5.15. The second-order valence-corrected chi connectivity index (χ2v) is 8.70. The molecule has 0 saturated heterocycles. The molecule has 6 nitrogen and oxygen atoms in total. The average molecular weight is 436 g/mol. The topological polar surface area (TPSA) is 84.7 Å². The first-order valence-corrected chi connectivity index (χ1v) is 11.0. The van der Waals surface area contributed by atoms with Crippen molar-refractivity contribution in [3.05, 3.63) is 81.7 Å². The largest absolute Gasteiger partial charge is 0.497 e. The molecule has 3 N–H and O–H groups in total. The van der Waals surface area contributed by atoms with Crippen molar-refractivity contribution >= 4 is 28.2 Å². The Balaban J connectivity index is 1.48. The van der Waals surface area contributed by atoms with E-state index in [1.165, 1.54) is 16.9 Å². The van der Waals surface area contributed by atoms with E-state index >= 15 is 0 Å². The van der Waals surface area contributed by atoms with Gasteiger partial charge in [0.2, 0.25) is 5.91 Å². The van der Waals surface area contributed by atoms with E-state index in [2.05, 4.69) is 22.3 Å². The van der Waals surface area contributed by atoms with E-state index in [4.69, 9.17) is 10.5 Å². The molecular weight excluding hydrogens is 410 g/mol. The zero-order valence-corrected chi connectivity index (χ0v) is 18.2. The first kappa shape index (κ1) is 21.1. The summed E-state index contributed by atoms with van der Waals surface area (Å²) in [5.74, 6) is 0.0762. The Morgan fingerprint density at radius 2 is 1.84 bits per heavy atom. The maximum atomic E-state index is 12.6. The van der Waals surface area contributed by atoms with Crippen LogP contribution in [0.25, 0.3) is 0 Å². The zero-order chi connectivity index (χ0) is 21.8. The zero-order valence-electron chi connectivity index (χ0n) is 17.4. The van der Waals surface area contributed by atoms with Gasteiger partial charge in [0.1, 0.15) is 10.8 Å². The Hall–Kier alpha value is -3.16. The van der Waals surface area contributed by atoms with E-state index in [1.807, 2.05) is 42.5 Å². The van der Waals surface area contributed by atoms with Gasteiger partial charge >= 0.3 is 0 Å². The summed E-state index contributed by atoms with van der Waals surface area (Å²) in [5, 5.41) is 3.47. The van der Waals surface area contributed by atoms with Crippen LogP contribution in [0, 0.1) is 0 Å². The van der Waals surface area contributed by atoms with Crippen LogP contribution in [-0.2, 0) is 30.7 Å². The number of nitrogens with zero attached hydrogens (tertiary/aromatic N) is 1. The van der Waals surface area contributed by atoms with Crippen LogP contribution >= 0.6 is 11.3 Å². The SMILES string of the molecule is COc1ccc(CC(=O)Nc2sc3c(c2C(N)=O)CCN(Cc2ccccc2)C3)cc1. The molecule has 31 heavy (non-hydrogen) atoms. The van der Waals surface area contributed by atoms with E-state index in [0.29, 0.717) is 10.6 Å². The molecule has 0 saturated carbocycles. The van der Waals surface area contributed by atoms with Gasteiger partial charge in [0, 0.05) is 24.5 Å². The molecule has 0 bridgehead atoms. The van der Waals surface area contributed by atoms with Crippen LogP contribution in [0.5, 0.6) is 5.75 Å². The van der Waals surface area contributed by atoms with E-state index in [0.717, 1.165) is 47.8 Å². The number of primary amides is 1. The van der Waals surface area contributed by atoms with Crippen molar-refractivity contribution in [3.63, 3.8) is 0 Å². The summed E-state index contributed by atoms with van der Waals surface area (Å²) >= 11 is 1.46. The number of nitrogens with one attached hydrogen (secondary N) is 1. The van der Waals surface area contributed by atoms with Gasteiger partial charge in [-0.05, 0) is 35.2 Å². The van der Waals surface area contributed by atoms with Crippen LogP contribution in [0.4, 0.5) is 5.00 Å². The Bertz CT molecular complexity index is 1080. The van der Waals surface area contributed by atoms with Gasteiger partial charge in [-0.15, -0.1) is 11.3 Å². The van der Waals surface area contributed by atoms with Crippen LogP contribution in [0.1, 0.15) is 31.9 Å². The summed E-state index contributed by atoms with van der Waals surface area (Å²) in [6.07, 6.45) is 0.955. The predicted octanol–water partition coefficient (Wildman–Crippen LogP) is 3.60. The molecule has 0 aliphatic carbocycles. The van der Waals surface area contributed by atoms with Crippen molar-refractivity contribution in [2.45, 2.75) is 25.9 Å². The Morgan fingerprint density at radius 3 is 2.52 bits per heavy atom. The van der Waals surface area contributed by atoms with Crippen LogP contribution in [0.2, 0.25) is 0 Å². The van der Waals surface area contributed by atoms with E-state index in [9.17, 15) is 9.59 Å². The van der Waals surface area contributed by atoms with Crippen LogP contribution in [-0.4, -0.2) is 30.4 Å². The molecule has 7 heteroatoms. The number of ether oxygens (including phenoxy) is 1. The lowest BCUT2D eigenvalue weighted by Crippen LogP contribution is -2.30. The lowest BCUT2D eigenvalue weighted by molar-refractivity contribution is -0.115. The number of thiophene rings is 1. The smallest absolute Gasteiger partial charge is 0.251 e. The predicted molar refractivity (Wildman–Crippen MR) is 122 cm³/mol. The molecule has 0 unspecified atom stereocenters. The van der Waals surface area contributed by atoms with Gasteiger partial charge in [0.05, 0.1) is 19.1 Å². The summed E-state index contributed by atoms with van der Waals surface area (Å²) in [6, 6.07) is 17.7. The molecule has 1 aliphatic heterocycles. The maximum Gasteiger partial charge on any atom is 0.251 e. The minimum atomic E-state index is -0.492. The highest BCUT2D eigenvalue weighted by Gasteiger charge is 2.27. The molecule has 0 atom stereocenters. The van der Waals surface area contributed by atoms with Crippen LogP contribution in [0.15, 0.2) is 54.6 Å². The number of benzene rings is 2. The minimum absolute atomic E-state index is 0.174. The fourth-order valence-corrected chi connectivity index (χ4v) is 5.19. The van der Waals surface area contributed by atoms with Gasteiger partial charge < -0.3 is 15.8 Å². The Kier molecular flexibility index (Phi) is 6.34. The van der Waals surface area contributed by atoms with Crippen molar-refractivity contribution in [1.29, 1.82) is 0 Å². The molecule has 1 aromatic heterocycles. The third-order valence-corrected chi connectivity index (χ3v) is 6.54. The maximum absolute atomic E-state index is 12.6. The quantitative estimate of drug-likeness (QED) is 0.594. The highest BCUT2D eigenvalue weighted by Crippen LogP contribution is 2.37. The minimum Gasteiger partial charge on any atom is -0.497 e. The Morgan fingerprint density at radius 1 is 1.10 bits per heavy atom. The second-order valence-electron chi connectivity index (χ2n) is 7.59. The first-order chi connectivity index (χ1) is 15.0. The van der Waals surface area contributed by atoms with E-state index < -0.39 is 5.91 Å². The molecule has 0 fully saturated rings. The fraction of sp³-hybridized carbons (Fsp3) is 0.250. The van der Waals surface area contributed by atoms with Crippen molar-refractivity contribution < 1.29 is 14.3 Å². The molecule has 4 rings (SSSR count). The third-order valence-electron chi connectivity index (χ3n) is 5.41. The standard InChI is InChI=1S/C24H25N3O3S/c1-30-18-9-7-16(8-10-18)13-21(28)26-24-22(23(25)29)19-11-12-27(15-20(19)31-24)14-17-5-3-2-4-6-17/h2-10H,11-15H2,1H3,(H2,25,29)(H,26,28). The molecule has 1 aliphatic rings. The summed E-state index contributed by atoms with van der Waals surface area (Å²) in [5.41, 5.74) is 9.25. The highest BCUT2D eigenvalue weighted by atomic mass is 32.1. The number of carbonyl (C=O) groups excluding carboxylic acids is 2. The van der Waals surface area contributed by atoms with Crippen LogP contribution < -0.4 is 15.8 Å². The summed E-state index contributed by atoms with van der Waals surface area (Å²) in [7, 11) is 1.60. The number of hydrogen-bond acceptors (Lipinski definition) is 5. The number of methoxy groups -OCH3 is 1. The lowest BCUT2D eigenvalue weighted by Gasteiger charge is -2.27. The molecule has 0 radical (unpaired) electrons. The molecule has 2 heterocycles. The van der Waals surface area contributed by atoms with Crippen molar-refractivity contribution in [2.75, 3.05) is 19.0 Å². The van der Waals surface area contributed by atoms with E-state index in [1.54, 1.807) is 7.11 Å². The number of hydrogen-bond donors (Lipinski definition) is 2. The third kappa shape index (κ3) is 4.95. The van der Waals surface area contributed by atoms with E-state index in [-0.39, 0.29) is 12.3 Å². The summed E-state index contributed by atoms with van der Waals surface area (Å²) in [6.45, 7) is 2.44. The molecule has 3 aromatic rings. The van der Waals surface area contributed by atoms with Gasteiger partial charge in [-0.1, -0.05) is 42.5 Å².